The summed E-state index contributed by atoms with van der Waals surface area (Å²) in [6, 6.07) is 6.51. The standard InChI is InChI=1S/C22H21F4N3O2/c1-12-9-15(23)4-6-17(12)28-11-29(18-7-8-20(30)27-13(18)2)21(31)16-10-14(22(24,25)26)3-5-19(16)28/h3-6,9-10,13,18H,7-8,11H2,1-2H3,(H,27,30)/t13-,18+/m1/s1. The van der Waals surface area contributed by atoms with Gasteiger partial charge in [0, 0.05) is 18.2 Å². The second-order valence-corrected chi connectivity index (χ2v) is 7.97. The SMILES string of the molecule is Cc1cc(F)ccc1N1CN([C@H]2CCC(=O)N[C@@H]2C)C(=O)c2cc(C(F)(F)F)ccc21. The highest BCUT2D eigenvalue weighted by Crippen LogP contribution is 2.40. The lowest BCUT2D eigenvalue weighted by Gasteiger charge is -2.45. The van der Waals surface area contributed by atoms with Crippen LogP contribution >= 0.6 is 0 Å². The fourth-order valence-electron chi connectivity index (χ4n) is 4.33. The molecule has 2 aromatic carbocycles. The second-order valence-electron chi connectivity index (χ2n) is 7.97. The number of hydrogen-bond acceptors (Lipinski definition) is 3. The van der Waals surface area contributed by atoms with Crippen molar-refractivity contribution < 1.29 is 27.2 Å². The number of benzene rings is 2. The quantitative estimate of drug-likeness (QED) is 0.713. The van der Waals surface area contributed by atoms with Crippen LogP contribution in [0.3, 0.4) is 0 Å². The largest absolute Gasteiger partial charge is 0.416 e. The molecule has 31 heavy (non-hydrogen) atoms. The molecule has 0 spiro atoms. The number of piperidine rings is 1. The Morgan fingerprint density at radius 2 is 1.77 bits per heavy atom. The molecule has 164 valence electrons. The number of carbonyl (C=O) groups is 2. The Morgan fingerprint density at radius 1 is 1.06 bits per heavy atom. The molecule has 1 saturated heterocycles. The molecule has 2 amide bonds. The highest BCUT2D eigenvalue weighted by atomic mass is 19.4. The number of amides is 2. The number of nitrogens with one attached hydrogen (secondary N) is 1. The molecule has 1 N–H and O–H groups in total. The summed E-state index contributed by atoms with van der Waals surface area (Å²) in [4.78, 5) is 28.2. The minimum atomic E-state index is -4.60. The Kier molecular flexibility index (Phi) is 5.15. The average molecular weight is 435 g/mol. The molecule has 2 heterocycles. The normalized spacial score (nSPS) is 21.7. The molecule has 0 bridgehead atoms. The predicted octanol–water partition coefficient (Wildman–Crippen LogP) is 4.37. The Morgan fingerprint density at radius 3 is 2.42 bits per heavy atom. The van der Waals surface area contributed by atoms with Gasteiger partial charge in [0.1, 0.15) is 5.82 Å². The van der Waals surface area contributed by atoms with Crippen molar-refractivity contribution in [1.82, 2.24) is 10.2 Å². The van der Waals surface area contributed by atoms with E-state index in [9.17, 15) is 27.2 Å². The Bertz CT molecular complexity index is 1050. The van der Waals surface area contributed by atoms with Gasteiger partial charge in [-0.1, -0.05) is 0 Å². The summed E-state index contributed by atoms with van der Waals surface area (Å²) in [6.07, 6.45) is -3.96. The van der Waals surface area contributed by atoms with Gasteiger partial charge in [-0.3, -0.25) is 9.59 Å². The molecule has 0 aromatic heterocycles. The first kappa shape index (κ1) is 21.1. The van der Waals surface area contributed by atoms with Crippen LogP contribution in [0.1, 0.15) is 41.3 Å². The van der Waals surface area contributed by atoms with Gasteiger partial charge in [-0.2, -0.15) is 13.2 Å². The molecule has 9 heteroatoms. The number of anilines is 2. The van der Waals surface area contributed by atoms with Gasteiger partial charge in [0.05, 0.1) is 29.5 Å². The molecule has 2 aliphatic heterocycles. The predicted molar refractivity (Wildman–Crippen MR) is 106 cm³/mol. The lowest BCUT2D eigenvalue weighted by atomic mass is 9.95. The molecule has 5 nitrogen and oxygen atoms in total. The van der Waals surface area contributed by atoms with Crippen LogP contribution < -0.4 is 10.2 Å². The van der Waals surface area contributed by atoms with Gasteiger partial charge in [-0.25, -0.2) is 4.39 Å². The number of halogens is 4. The smallest absolute Gasteiger partial charge is 0.352 e. The van der Waals surface area contributed by atoms with Gasteiger partial charge in [0.25, 0.3) is 5.91 Å². The summed E-state index contributed by atoms with van der Waals surface area (Å²) in [6.45, 7) is 3.55. The molecule has 0 aliphatic carbocycles. The molecular weight excluding hydrogens is 414 g/mol. The summed E-state index contributed by atoms with van der Waals surface area (Å²) in [5, 5.41) is 2.80. The summed E-state index contributed by atoms with van der Waals surface area (Å²) in [5.74, 6) is -1.08. The maximum atomic E-state index is 13.7. The first-order valence-corrected chi connectivity index (χ1v) is 9.91. The van der Waals surface area contributed by atoms with E-state index in [2.05, 4.69) is 5.32 Å². The van der Waals surface area contributed by atoms with E-state index in [0.717, 1.165) is 12.1 Å². The van der Waals surface area contributed by atoms with E-state index in [-0.39, 0.29) is 36.6 Å². The van der Waals surface area contributed by atoms with Crippen molar-refractivity contribution >= 4 is 23.2 Å². The van der Waals surface area contributed by atoms with Crippen molar-refractivity contribution in [3.63, 3.8) is 0 Å². The van der Waals surface area contributed by atoms with Crippen molar-refractivity contribution in [3.05, 3.63) is 58.9 Å². The maximum Gasteiger partial charge on any atom is 0.416 e. The first-order chi connectivity index (χ1) is 14.6. The first-order valence-electron chi connectivity index (χ1n) is 9.91. The third-order valence-electron chi connectivity index (χ3n) is 5.88. The van der Waals surface area contributed by atoms with Crippen molar-refractivity contribution in [2.75, 3.05) is 11.6 Å². The fourth-order valence-corrected chi connectivity index (χ4v) is 4.33. The lowest BCUT2D eigenvalue weighted by Crippen LogP contribution is -2.59. The zero-order valence-electron chi connectivity index (χ0n) is 17.0. The van der Waals surface area contributed by atoms with E-state index in [1.807, 2.05) is 0 Å². The Labute approximate surface area is 176 Å². The molecule has 0 saturated carbocycles. The molecule has 2 aromatic rings. The number of fused-ring (bicyclic) bond motifs is 1. The summed E-state index contributed by atoms with van der Waals surface area (Å²) in [7, 11) is 0. The number of nitrogens with zero attached hydrogens (tertiary/aromatic N) is 2. The summed E-state index contributed by atoms with van der Waals surface area (Å²) >= 11 is 0. The highest BCUT2D eigenvalue weighted by Gasteiger charge is 2.40. The number of carbonyl (C=O) groups excluding carboxylic acids is 2. The van der Waals surface area contributed by atoms with Gasteiger partial charge >= 0.3 is 6.18 Å². The van der Waals surface area contributed by atoms with Crippen LogP contribution in [0.15, 0.2) is 36.4 Å². The number of hydrogen-bond donors (Lipinski definition) is 1. The zero-order chi connectivity index (χ0) is 22.5. The summed E-state index contributed by atoms with van der Waals surface area (Å²) < 4.78 is 53.7. The van der Waals surface area contributed by atoms with Gasteiger partial charge < -0.3 is 15.1 Å². The molecule has 0 radical (unpaired) electrons. The monoisotopic (exact) mass is 435 g/mol. The molecular formula is C22H21F4N3O2. The number of rotatable bonds is 2. The Hall–Kier alpha value is -3.10. The van der Waals surface area contributed by atoms with Crippen LogP contribution in [0.2, 0.25) is 0 Å². The van der Waals surface area contributed by atoms with Crippen molar-refractivity contribution in [2.45, 2.75) is 44.9 Å². The molecule has 2 atom stereocenters. The van der Waals surface area contributed by atoms with Gasteiger partial charge in [0.15, 0.2) is 0 Å². The fraction of sp³-hybridized carbons (Fsp3) is 0.364. The zero-order valence-corrected chi connectivity index (χ0v) is 17.0. The molecule has 0 unspecified atom stereocenters. The third kappa shape index (κ3) is 3.84. The van der Waals surface area contributed by atoms with E-state index < -0.39 is 23.5 Å². The summed E-state index contributed by atoms with van der Waals surface area (Å²) in [5.41, 5.74) is 0.519. The molecule has 2 aliphatic rings. The molecule has 4 rings (SSSR count). The van der Waals surface area contributed by atoms with Crippen LogP contribution in [-0.2, 0) is 11.0 Å². The third-order valence-corrected chi connectivity index (χ3v) is 5.88. The van der Waals surface area contributed by atoms with E-state index in [1.54, 1.807) is 24.8 Å². The minimum Gasteiger partial charge on any atom is -0.352 e. The van der Waals surface area contributed by atoms with Crippen LogP contribution in [-0.4, -0.2) is 35.5 Å². The van der Waals surface area contributed by atoms with Crippen LogP contribution in [0.4, 0.5) is 28.9 Å². The van der Waals surface area contributed by atoms with Gasteiger partial charge in [0.2, 0.25) is 5.91 Å². The van der Waals surface area contributed by atoms with Crippen molar-refractivity contribution in [1.29, 1.82) is 0 Å². The average Bonchev–Trinajstić information content (AvgIpc) is 2.68. The van der Waals surface area contributed by atoms with Gasteiger partial charge in [-0.05, 0) is 62.2 Å². The lowest BCUT2D eigenvalue weighted by molar-refractivity contribution is -0.137. The Balaban J connectivity index is 1.83. The van der Waals surface area contributed by atoms with Crippen LogP contribution in [0.5, 0.6) is 0 Å². The van der Waals surface area contributed by atoms with E-state index >= 15 is 0 Å². The van der Waals surface area contributed by atoms with Gasteiger partial charge in [-0.15, -0.1) is 0 Å². The van der Waals surface area contributed by atoms with Crippen molar-refractivity contribution in [3.8, 4) is 0 Å². The van der Waals surface area contributed by atoms with Crippen LogP contribution in [0, 0.1) is 12.7 Å². The van der Waals surface area contributed by atoms with Crippen LogP contribution in [0.25, 0.3) is 0 Å². The van der Waals surface area contributed by atoms with E-state index in [1.165, 1.54) is 23.1 Å². The topological polar surface area (TPSA) is 52.6 Å². The number of alkyl halides is 3. The molecule has 1 fully saturated rings. The minimum absolute atomic E-state index is 0.0751. The van der Waals surface area contributed by atoms with E-state index in [4.69, 9.17) is 0 Å². The van der Waals surface area contributed by atoms with E-state index in [0.29, 0.717) is 23.4 Å². The van der Waals surface area contributed by atoms with Crippen molar-refractivity contribution in [2.24, 2.45) is 0 Å². The second kappa shape index (κ2) is 7.55. The maximum absolute atomic E-state index is 13.7. The highest BCUT2D eigenvalue weighted by molar-refractivity contribution is 6.03. The number of aryl methyl sites for hydroxylation is 1.